The summed E-state index contributed by atoms with van der Waals surface area (Å²) in [6.45, 7) is 0. The molecule has 0 spiro atoms. The second-order valence-electron chi connectivity index (χ2n) is 3.54. The molecule has 2 N–H and O–H groups in total. The fourth-order valence-electron chi connectivity index (χ4n) is 1.55. The summed E-state index contributed by atoms with van der Waals surface area (Å²) in [5.41, 5.74) is 1.89. The van der Waals surface area contributed by atoms with Crippen molar-refractivity contribution in [1.29, 1.82) is 0 Å². The summed E-state index contributed by atoms with van der Waals surface area (Å²) in [5, 5.41) is 13.8. The number of benzene rings is 1. The first kappa shape index (κ1) is 9.59. The average molecular weight is 228 g/mol. The van der Waals surface area contributed by atoms with Gasteiger partial charge in [0.25, 0.3) is 5.91 Å². The predicted molar refractivity (Wildman–Crippen MR) is 60.5 cm³/mol. The number of aromatic nitrogens is 3. The third kappa shape index (κ3) is 1.76. The van der Waals surface area contributed by atoms with Crippen LogP contribution in [0.15, 0.2) is 41.4 Å². The van der Waals surface area contributed by atoms with E-state index in [0.717, 1.165) is 10.9 Å². The number of amides is 1. The second kappa shape index (κ2) is 3.75. The quantitative estimate of drug-likeness (QED) is 0.700. The molecule has 1 aromatic carbocycles. The molecule has 6 nitrogen and oxygen atoms in total. The number of rotatable bonds is 2. The second-order valence-corrected chi connectivity index (χ2v) is 3.54. The number of carbonyl (C=O) groups is 1. The molecule has 0 fully saturated rings. The topological polar surface area (TPSA) is 83.8 Å². The molecule has 2 aromatic heterocycles. The standard InChI is InChI=1S/C11H8N4O2/c16-11(14-9-5-13-17-6-9)7-1-2-8-4-12-15-10(8)3-7/h1-6H,(H,12,15)(H,14,16). The number of fused-ring (bicyclic) bond motifs is 1. The van der Waals surface area contributed by atoms with Crippen molar-refractivity contribution in [1.82, 2.24) is 15.4 Å². The molecule has 0 radical (unpaired) electrons. The molecule has 0 bridgehead atoms. The largest absolute Gasteiger partial charge is 0.363 e. The van der Waals surface area contributed by atoms with Crippen molar-refractivity contribution < 1.29 is 9.32 Å². The van der Waals surface area contributed by atoms with Crippen LogP contribution in [0.4, 0.5) is 5.69 Å². The Morgan fingerprint density at radius 3 is 3.12 bits per heavy atom. The maximum absolute atomic E-state index is 11.9. The Bertz CT molecular complexity index is 657. The first-order valence-corrected chi connectivity index (χ1v) is 4.97. The maximum atomic E-state index is 11.9. The molecule has 0 aliphatic heterocycles. The molecule has 0 saturated heterocycles. The van der Waals surface area contributed by atoms with Crippen molar-refractivity contribution in [2.24, 2.45) is 0 Å². The van der Waals surface area contributed by atoms with Crippen LogP contribution in [0.5, 0.6) is 0 Å². The number of hydrogen-bond acceptors (Lipinski definition) is 4. The van der Waals surface area contributed by atoms with Crippen molar-refractivity contribution >= 4 is 22.5 Å². The Hall–Kier alpha value is -2.63. The number of carbonyl (C=O) groups excluding carboxylic acids is 1. The summed E-state index contributed by atoms with van der Waals surface area (Å²) >= 11 is 0. The average Bonchev–Trinajstić information content (AvgIpc) is 2.97. The highest BCUT2D eigenvalue weighted by molar-refractivity contribution is 6.05. The molecule has 0 unspecified atom stereocenters. The molecule has 0 aliphatic rings. The van der Waals surface area contributed by atoms with Crippen LogP contribution in [0.1, 0.15) is 10.4 Å². The van der Waals surface area contributed by atoms with E-state index in [9.17, 15) is 4.79 Å². The summed E-state index contributed by atoms with van der Waals surface area (Å²) in [7, 11) is 0. The van der Waals surface area contributed by atoms with Gasteiger partial charge in [-0.1, -0.05) is 11.2 Å². The number of nitrogens with one attached hydrogen (secondary N) is 2. The van der Waals surface area contributed by atoms with Crippen molar-refractivity contribution in [2.75, 3.05) is 5.32 Å². The summed E-state index contributed by atoms with van der Waals surface area (Å²) < 4.78 is 4.63. The number of H-pyrrole nitrogens is 1. The van der Waals surface area contributed by atoms with E-state index < -0.39 is 0 Å². The summed E-state index contributed by atoms with van der Waals surface area (Å²) in [6.07, 6.45) is 4.51. The number of nitrogens with zero attached hydrogens (tertiary/aromatic N) is 2. The lowest BCUT2D eigenvalue weighted by molar-refractivity contribution is 0.102. The van der Waals surface area contributed by atoms with Crippen LogP contribution in [-0.4, -0.2) is 21.3 Å². The fraction of sp³-hybridized carbons (Fsp3) is 0. The molecule has 2 heterocycles. The Labute approximate surface area is 95.6 Å². The van der Waals surface area contributed by atoms with E-state index in [0.29, 0.717) is 11.3 Å². The van der Waals surface area contributed by atoms with Gasteiger partial charge in [0, 0.05) is 10.9 Å². The number of anilines is 1. The van der Waals surface area contributed by atoms with E-state index in [-0.39, 0.29) is 5.91 Å². The zero-order valence-electron chi connectivity index (χ0n) is 8.68. The van der Waals surface area contributed by atoms with Crippen LogP contribution < -0.4 is 5.32 Å². The number of aromatic amines is 1. The first-order valence-electron chi connectivity index (χ1n) is 4.97. The molecule has 0 atom stereocenters. The maximum Gasteiger partial charge on any atom is 0.255 e. The van der Waals surface area contributed by atoms with E-state index in [1.54, 1.807) is 18.3 Å². The molecule has 3 rings (SSSR count). The smallest absolute Gasteiger partial charge is 0.255 e. The van der Waals surface area contributed by atoms with E-state index in [4.69, 9.17) is 0 Å². The summed E-state index contributed by atoms with van der Waals surface area (Å²) in [6, 6.07) is 5.31. The van der Waals surface area contributed by atoms with Crippen molar-refractivity contribution in [3.8, 4) is 0 Å². The van der Waals surface area contributed by atoms with E-state index in [1.165, 1.54) is 12.5 Å². The monoisotopic (exact) mass is 228 g/mol. The van der Waals surface area contributed by atoms with E-state index >= 15 is 0 Å². The van der Waals surface area contributed by atoms with Crippen LogP contribution in [0.2, 0.25) is 0 Å². The molecule has 84 valence electrons. The lowest BCUT2D eigenvalue weighted by Crippen LogP contribution is -2.11. The van der Waals surface area contributed by atoms with Crippen LogP contribution in [0, 0.1) is 0 Å². The van der Waals surface area contributed by atoms with Crippen LogP contribution in [0.25, 0.3) is 10.9 Å². The Balaban J connectivity index is 1.90. The van der Waals surface area contributed by atoms with Gasteiger partial charge in [-0.25, -0.2) is 0 Å². The van der Waals surface area contributed by atoms with Gasteiger partial charge in [-0.05, 0) is 12.1 Å². The Kier molecular flexibility index (Phi) is 2.11. The molecular weight excluding hydrogens is 220 g/mol. The van der Waals surface area contributed by atoms with Gasteiger partial charge in [0.15, 0.2) is 0 Å². The number of hydrogen-bond donors (Lipinski definition) is 2. The van der Waals surface area contributed by atoms with E-state index in [1.807, 2.05) is 6.07 Å². The lowest BCUT2D eigenvalue weighted by Gasteiger charge is -2.01. The molecular formula is C11H8N4O2. The van der Waals surface area contributed by atoms with Crippen molar-refractivity contribution in [3.05, 3.63) is 42.4 Å². The third-order valence-corrected chi connectivity index (χ3v) is 2.39. The minimum Gasteiger partial charge on any atom is -0.363 e. The van der Waals surface area contributed by atoms with Crippen molar-refractivity contribution in [2.45, 2.75) is 0 Å². The van der Waals surface area contributed by atoms with Gasteiger partial charge in [-0.2, -0.15) is 5.10 Å². The van der Waals surface area contributed by atoms with Gasteiger partial charge in [-0.15, -0.1) is 0 Å². The van der Waals surface area contributed by atoms with Crippen LogP contribution in [0.3, 0.4) is 0 Å². The highest BCUT2D eigenvalue weighted by Gasteiger charge is 2.08. The summed E-state index contributed by atoms with van der Waals surface area (Å²) in [5.74, 6) is -0.218. The molecule has 0 saturated carbocycles. The highest BCUT2D eigenvalue weighted by Crippen LogP contribution is 2.14. The highest BCUT2D eigenvalue weighted by atomic mass is 16.5. The Morgan fingerprint density at radius 1 is 1.35 bits per heavy atom. The SMILES string of the molecule is O=C(Nc1cnoc1)c1ccc2cn[nH]c2c1. The van der Waals surface area contributed by atoms with Gasteiger partial charge in [0.1, 0.15) is 12.0 Å². The minimum atomic E-state index is -0.218. The van der Waals surface area contributed by atoms with Gasteiger partial charge in [-0.3, -0.25) is 9.89 Å². The molecule has 6 heteroatoms. The lowest BCUT2D eigenvalue weighted by atomic mass is 10.1. The molecule has 0 aliphatic carbocycles. The van der Waals surface area contributed by atoms with Gasteiger partial charge in [0.2, 0.25) is 0 Å². The normalized spacial score (nSPS) is 10.6. The first-order chi connectivity index (χ1) is 8.33. The molecule has 17 heavy (non-hydrogen) atoms. The fourth-order valence-corrected chi connectivity index (χ4v) is 1.55. The molecule has 3 aromatic rings. The zero-order chi connectivity index (χ0) is 11.7. The van der Waals surface area contributed by atoms with Crippen LogP contribution >= 0.6 is 0 Å². The summed E-state index contributed by atoms with van der Waals surface area (Å²) in [4.78, 5) is 11.9. The predicted octanol–water partition coefficient (Wildman–Crippen LogP) is 1.80. The van der Waals surface area contributed by atoms with Gasteiger partial charge in [0.05, 0.1) is 17.9 Å². The zero-order valence-corrected chi connectivity index (χ0v) is 8.68. The van der Waals surface area contributed by atoms with Gasteiger partial charge >= 0.3 is 0 Å². The third-order valence-electron chi connectivity index (χ3n) is 2.39. The van der Waals surface area contributed by atoms with E-state index in [2.05, 4.69) is 25.2 Å². The Morgan fingerprint density at radius 2 is 2.29 bits per heavy atom. The molecule has 1 amide bonds. The van der Waals surface area contributed by atoms with Gasteiger partial charge < -0.3 is 9.84 Å². The minimum absolute atomic E-state index is 0.218. The van der Waals surface area contributed by atoms with Crippen LogP contribution in [-0.2, 0) is 0 Å². The van der Waals surface area contributed by atoms with Crippen molar-refractivity contribution in [3.63, 3.8) is 0 Å².